The van der Waals surface area contributed by atoms with Gasteiger partial charge in [-0.3, -0.25) is 4.79 Å². The Kier molecular flexibility index (Phi) is 5.92. The van der Waals surface area contributed by atoms with E-state index < -0.39 is 72.4 Å². The number of rotatable bonds is 5. The Bertz CT molecular complexity index is 692. The lowest BCUT2D eigenvalue weighted by atomic mass is 9.54. The SMILES string of the molecule is CC(C)(O)[C@H]1C2C(=O)OC1[C@@H](O)[C@]1(C)C2CC[C@H]1COC1OC(CO)C(O)C(O)C1O. The third-order valence-electron chi connectivity index (χ3n) is 8.28. The van der Waals surface area contributed by atoms with E-state index in [1.807, 2.05) is 6.92 Å². The highest BCUT2D eigenvalue weighted by atomic mass is 16.7. The van der Waals surface area contributed by atoms with Gasteiger partial charge in [0.25, 0.3) is 0 Å². The van der Waals surface area contributed by atoms with Crippen molar-refractivity contribution >= 4 is 5.97 Å². The lowest BCUT2D eigenvalue weighted by Crippen LogP contribution is -2.61. The Morgan fingerprint density at radius 2 is 1.81 bits per heavy atom. The molecule has 0 aromatic rings. The Hall–Kier alpha value is -0.850. The van der Waals surface area contributed by atoms with E-state index in [4.69, 9.17) is 14.2 Å². The van der Waals surface area contributed by atoms with Gasteiger partial charge in [0.1, 0.15) is 30.5 Å². The second-order valence-corrected chi connectivity index (χ2v) is 10.3. The van der Waals surface area contributed by atoms with E-state index in [2.05, 4.69) is 0 Å². The summed E-state index contributed by atoms with van der Waals surface area (Å²) in [6.07, 6.45) is -7.32. The average Bonchev–Trinajstić information content (AvgIpc) is 3.20. The normalized spacial score (nSPS) is 52.2. The highest BCUT2D eigenvalue weighted by Gasteiger charge is 2.70. The van der Waals surface area contributed by atoms with Gasteiger partial charge in [-0.2, -0.15) is 0 Å². The molecule has 0 spiro atoms. The molecule has 8 unspecified atom stereocenters. The van der Waals surface area contributed by atoms with Crippen LogP contribution in [0.2, 0.25) is 0 Å². The Balaban J connectivity index is 1.51. The fourth-order valence-corrected chi connectivity index (χ4v) is 6.52. The third kappa shape index (κ3) is 3.43. The standard InChI is InChI=1S/C21H34O10/c1-20(2,28)12-11-9-5-4-8(21(9,3)17(26)16(12)31-18(11)27)7-29-19-15(25)14(24)13(23)10(6-22)30-19/h8-17,19,22-26,28H,4-7H2,1-3H3/t8-,9?,10?,11?,12-,13?,14?,15?,16?,17+,19?,21-/m0/s1. The summed E-state index contributed by atoms with van der Waals surface area (Å²) in [5.41, 5.74) is -1.90. The molecule has 0 aromatic carbocycles. The van der Waals surface area contributed by atoms with Crippen molar-refractivity contribution in [3.8, 4) is 0 Å². The summed E-state index contributed by atoms with van der Waals surface area (Å²) in [5, 5.41) is 61.3. The van der Waals surface area contributed by atoms with Gasteiger partial charge in [0.2, 0.25) is 0 Å². The monoisotopic (exact) mass is 446 g/mol. The van der Waals surface area contributed by atoms with E-state index in [0.717, 1.165) is 0 Å². The molecule has 12 atom stereocenters. The fraction of sp³-hybridized carbons (Fsp3) is 0.952. The molecule has 2 aliphatic carbocycles. The zero-order valence-electron chi connectivity index (χ0n) is 18.0. The summed E-state index contributed by atoms with van der Waals surface area (Å²) in [4.78, 5) is 12.6. The molecule has 4 fully saturated rings. The first-order valence-corrected chi connectivity index (χ1v) is 11.0. The molecule has 0 radical (unpaired) electrons. The van der Waals surface area contributed by atoms with Gasteiger partial charge < -0.3 is 44.8 Å². The maximum absolute atomic E-state index is 12.6. The average molecular weight is 446 g/mol. The largest absolute Gasteiger partial charge is 0.459 e. The van der Waals surface area contributed by atoms with Gasteiger partial charge >= 0.3 is 5.97 Å². The van der Waals surface area contributed by atoms with Crippen LogP contribution in [0, 0.1) is 29.1 Å². The van der Waals surface area contributed by atoms with Gasteiger partial charge in [0, 0.05) is 11.3 Å². The summed E-state index contributed by atoms with van der Waals surface area (Å²) < 4.78 is 16.7. The van der Waals surface area contributed by atoms with Gasteiger partial charge in [-0.05, 0) is 38.5 Å². The van der Waals surface area contributed by atoms with Crippen molar-refractivity contribution in [1.29, 1.82) is 0 Å². The van der Waals surface area contributed by atoms with E-state index in [9.17, 15) is 35.4 Å². The number of aliphatic hydroxyl groups is 6. The molecule has 2 bridgehead atoms. The van der Waals surface area contributed by atoms with Crippen LogP contribution in [0.1, 0.15) is 33.6 Å². The maximum Gasteiger partial charge on any atom is 0.310 e. The molecule has 4 rings (SSSR count). The number of esters is 1. The molecule has 4 aliphatic rings. The minimum atomic E-state index is -1.53. The Labute approximate surface area is 180 Å². The van der Waals surface area contributed by atoms with Crippen molar-refractivity contribution in [2.45, 2.75) is 82.1 Å². The first-order chi connectivity index (χ1) is 14.4. The first kappa shape index (κ1) is 23.3. The summed E-state index contributed by atoms with van der Waals surface area (Å²) >= 11 is 0. The van der Waals surface area contributed by atoms with Crippen molar-refractivity contribution in [1.82, 2.24) is 0 Å². The quantitative estimate of drug-likeness (QED) is 0.264. The lowest BCUT2D eigenvalue weighted by Gasteiger charge is -2.51. The van der Waals surface area contributed by atoms with Crippen LogP contribution in [0.3, 0.4) is 0 Å². The highest BCUT2D eigenvalue weighted by Crippen LogP contribution is 2.63. The molecule has 10 heteroatoms. The van der Waals surface area contributed by atoms with Crippen molar-refractivity contribution < 1.29 is 49.6 Å². The van der Waals surface area contributed by atoms with Crippen molar-refractivity contribution in [2.24, 2.45) is 29.1 Å². The summed E-state index contributed by atoms with van der Waals surface area (Å²) in [5.74, 6) is -1.80. The molecular formula is C21H34O10. The molecule has 2 saturated heterocycles. The van der Waals surface area contributed by atoms with Crippen molar-refractivity contribution in [2.75, 3.05) is 13.2 Å². The zero-order valence-corrected chi connectivity index (χ0v) is 18.0. The van der Waals surface area contributed by atoms with Gasteiger partial charge in [-0.25, -0.2) is 0 Å². The molecule has 6 N–H and O–H groups in total. The minimum Gasteiger partial charge on any atom is -0.459 e. The van der Waals surface area contributed by atoms with Crippen molar-refractivity contribution in [3.05, 3.63) is 0 Å². The maximum atomic E-state index is 12.6. The topological polar surface area (TPSA) is 166 Å². The predicted octanol–water partition coefficient (Wildman–Crippen LogP) is -1.86. The van der Waals surface area contributed by atoms with Crippen LogP contribution in [0.5, 0.6) is 0 Å². The zero-order chi connectivity index (χ0) is 22.9. The number of hydrogen-bond acceptors (Lipinski definition) is 10. The molecule has 2 saturated carbocycles. The van der Waals surface area contributed by atoms with Crippen LogP contribution in [0.4, 0.5) is 0 Å². The van der Waals surface area contributed by atoms with Gasteiger partial charge in [-0.1, -0.05) is 6.92 Å². The summed E-state index contributed by atoms with van der Waals surface area (Å²) in [6, 6.07) is 0. The number of carbonyl (C=O) groups excluding carboxylic acids is 1. The number of ether oxygens (including phenoxy) is 3. The molecule has 0 amide bonds. The number of fused-ring (bicyclic) bond motifs is 4. The summed E-state index contributed by atoms with van der Waals surface area (Å²) in [7, 11) is 0. The van der Waals surface area contributed by atoms with Gasteiger partial charge in [0.05, 0.1) is 30.8 Å². The van der Waals surface area contributed by atoms with Gasteiger partial charge in [-0.15, -0.1) is 0 Å². The highest BCUT2D eigenvalue weighted by molar-refractivity contribution is 5.77. The van der Waals surface area contributed by atoms with E-state index in [0.29, 0.717) is 12.8 Å². The molecule has 178 valence electrons. The van der Waals surface area contributed by atoms with Crippen LogP contribution in [-0.4, -0.2) is 98.3 Å². The molecule has 31 heavy (non-hydrogen) atoms. The summed E-state index contributed by atoms with van der Waals surface area (Å²) in [6.45, 7) is 4.69. The lowest BCUT2D eigenvalue weighted by molar-refractivity contribution is -0.306. The molecular weight excluding hydrogens is 412 g/mol. The molecule has 10 nitrogen and oxygen atoms in total. The van der Waals surface area contributed by atoms with Crippen LogP contribution in [0.25, 0.3) is 0 Å². The van der Waals surface area contributed by atoms with E-state index in [-0.39, 0.29) is 24.4 Å². The second-order valence-electron chi connectivity index (χ2n) is 10.3. The molecule has 2 heterocycles. The van der Waals surface area contributed by atoms with E-state index in [1.54, 1.807) is 13.8 Å². The van der Waals surface area contributed by atoms with Crippen LogP contribution in [0.15, 0.2) is 0 Å². The number of hydrogen-bond donors (Lipinski definition) is 6. The fourth-order valence-electron chi connectivity index (χ4n) is 6.52. The van der Waals surface area contributed by atoms with E-state index >= 15 is 0 Å². The number of aliphatic hydroxyl groups excluding tert-OH is 5. The van der Waals surface area contributed by atoms with Crippen molar-refractivity contribution in [3.63, 3.8) is 0 Å². The number of carbonyl (C=O) groups is 1. The first-order valence-electron chi connectivity index (χ1n) is 11.0. The molecule has 0 aromatic heterocycles. The van der Waals surface area contributed by atoms with Crippen LogP contribution in [-0.2, 0) is 19.0 Å². The van der Waals surface area contributed by atoms with Crippen LogP contribution >= 0.6 is 0 Å². The Morgan fingerprint density at radius 3 is 2.42 bits per heavy atom. The smallest absolute Gasteiger partial charge is 0.310 e. The predicted molar refractivity (Wildman–Crippen MR) is 103 cm³/mol. The second kappa shape index (κ2) is 7.88. The Morgan fingerprint density at radius 1 is 1.13 bits per heavy atom. The molecule has 2 aliphatic heterocycles. The van der Waals surface area contributed by atoms with E-state index in [1.165, 1.54) is 0 Å². The van der Waals surface area contributed by atoms with Crippen LogP contribution < -0.4 is 0 Å². The minimum absolute atomic E-state index is 0.0769. The van der Waals surface area contributed by atoms with Gasteiger partial charge in [0.15, 0.2) is 6.29 Å². The third-order valence-corrected chi connectivity index (χ3v) is 8.28.